The summed E-state index contributed by atoms with van der Waals surface area (Å²) in [6, 6.07) is 5.95. The van der Waals surface area contributed by atoms with E-state index in [1.165, 1.54) is 29.5 Å². The van der Waals surface area contributed by atoms with E-state index in [9.17, 15) is 4.79 Å². The Bertz CT molecular complexity index is 1010. The zero-order valence-corrected chi connectivity index (χ0v) is 17.7. The van der Waals surface area contributed by atoms with Gasteiger partial charge in [0, 0.05) is 11.4 Å². The normalized spacial score (nSPS) is 22.2. The minimum absolute atomic E-state index is 0.0339. The van der Waals surface area contributed by atoms with E-state index in [1.807, 2.05) is 41.5 Å². The van der Waals surface area contributed by atoms with Gasteiger partial charge in [-0.15, -0.1) is 11.3 Å². The molecule has 5 rings (SSSR count). The number of nitrogens with zero attached hydrogens (tertiary/aromatic N) is 3. The maximum atomic E-state index is 13.3. The van der Waals surface area contributed by atoms with E-state index in [0.29, 0.717) is 15.8 Å². The summed E-state index contributed by atoms with van der Waals surface area (Å²) in [5.74, 6) is 1.49. The van der Waals surface area contributed by atoms with Gasteiger partial charge < -0.3 is 9.47 Å². The van der Waals surface area contributed by atoms with Crippen LogP contribution in [0.2, 0.25) is 0 Å². The van der Waals surface area contributed by atoms with Crippen molar-refractivity contribution in [1.82, 2.24) is 9.88 Å². The van der Waals surface area contributed by atoms with E-state index >= 15 is 0 Å². The van der Waals surface area contributed by atoms with Crippen molar-refractivity contribution in [1.29, 1.82) is 0 Å². The molecule has 2 aromatic rings. The third-order valence-electron chi connectivity index (χ3n) is 5.27. The lowest BCUT2D eigenvalue weighted by molar-refractivity contribution is -0.124. The number of carbonyl (C=O) groups is 1. The number of aliphatic imine (C=N–C) groups is 1. The Kier molecular flexibility index (Phi) is 5.05. The molecular weight excluding hydrogens is 406 g/mol. The Morgan fingerprint density at radius 1 is 1.21 bits per heavy atom. The molecular formula is C21H21N3O3S2. The van der Waals surface area contributed by atoms with Crippen LogP contribution >= 0.6 is 23.1 Å². The van der Waals surface area contributed by atoms with E-state index in [1.54, 1.807) is 0 Å². The van der Waals surface area contributed by atoms with Crippen LogP contribution in [0.3, 0.4) is 0 Å². The van der Waals surface area contributed by atoms with Crippen LogP contribution in [-0.4, -0.2) is 33.8 Å². The number of benzene rings is 1. The first-order chi connectivity index (χ1) is 14.2. The summed E-state index contributed by atoms with van der Waals surface area (Å²) >= 11 is 2.94. The highest BCUT2D eigenvalue weighted by Gasteiger charge is 2.38. The highest BCUT2D eigenvalue weighted by molar-refractivity contribution is 8.18. The number of rotatable bonds is 3. The summed E-state index contributed by atoms with van der Waals surface area (Å²) in [5, 5.41) is 3.42. The minimum atomic E-state index is 0.0339. The predicted octanol–water partition coefficient (Wildman–Crippen LogP) is 5.12. The van der Waals surface area contributed by atoms with E-state index in [-0.39, 0.29) is 18.7 Å². The van der Waals surface area contributed by atoms with Gasteiger partial charge in [0.25, 0.3) is 5.91 Å². The molecule has 0 bridgehead atoms. The number of amides is 1. The lowest BCUT2D eigenvalue weighted by Crippen LogP contribution is -2.40. The number of carbonyl (C=O) groups excluding carboxylic acids is 1. The number of fused-ring (bicyclic) bond motifs is 1. The van der Waals surface area contributed by atoms with Gasteiger partial charge in [0.1, 0.15) is 0 Å². The lowest BCUT2D eigenvalue weighted by Gasteiger charge is -2.30. The molecule has 0 spiro atoms. The average molecular weight is 428 g/mol. The van der Waals surface area contributed by atoms with Crippen molar-refractivity contribution >= 4 is 45.4 Å². The molecule has 1 aromatic heterocycles. The molecule has 29 heavy (non-hydrogen) atoms. The largest absolute Gasteiger partial charge is 0.454 e. The van der Waals surface area contributed by atoms with Gasteiger partial charge in [-0.25, -0.2) is 4.98 Å². The van der Waals surface area contributed by atoms with Crippen LogP contribution in [0, 0.1) is 6.92 Å². The number of ether oxygens (including phenoxy) is 2. The molecule has 0 N–H and O–H groups in total. The third kappa shape index (κ3) is 3.79. The van der Waals surface area contributed by atoms with Crippen molar-refractivity contribution in [2.24, 2.45) is 4.99 Å². The summed E-state index contributed by atoms with van der Waals surface area (Å²) in [6.07, 6.45) is 7.52. The number of thioether (sulfide) groups is 1. The van der Waals surface area contributed by atoms with Crippen LogP contribution in [0.4, 0.5) is 5.13 Å². The molecule has 150 valence electrons. The molecule has 0 atom stereocenters. The Hall–Kier alpha value is -2.32. The summed E-state index contributed by atoms with van der Waals surface area (Å²) in [6.45, 7) is 2.19. The van der Waals surface area contributed by atoms with Gasteiger partial charge >= 0.3 is 0 Å². The van der Waals surface area contributed by atoms with Crippen molar-refractivity contribution in [2.45, 2.75) is 45.1 Å². The molecule has 8 heteroatoms. The first-order valence-corrected chi connectivity index (χ1v) is 11.5. The maximum absolute atomic E-state index is 13.3. The second kappa shape index (κ2) is 7.84. The molecule has 1 amide bonds. The highest BCUT2D eigenvalue weighted by atomic mass is 32.2. The molecule has 6 nitrogen and oxygen atoms in total. The average Bonchev–Trinajstić information content (AvgIpc) is 3.43. The fourth-order valence-electron chi connectivity index (χ4n) is 3.85. The van der Waals surface area contributed by atoms with Crippen LogP contribution in [0.5, 0.6) is 11.5 Å². The standard InChI is InChI=1S/C21H21N3O3S2/c1-13-11-28-20(22-13)23-21-24(15-5-3-2-4-6-15)19(25)18(29-21)10-14-7-8-16-17(9-14)27-12-26-16/h7-11,15H,2-6,12H2,1H3/b18-10-,23-21+. The van der Waals surface area contributed by atoms with Gasteiger partial charge in [0.2, 0.25) is 11.9 Å². The first-order valence-electron chi connectivity index (χ1n) is 9.81. The molecule has 3 aliphatic rings. The second-order valence-corrected chi connectivity index (χ2v) is 9.20. The topological polar surface area (TPSA) is 64.0 Å². The van der Waals surface area contributed by atoms with Gasteiger partial charge in [-0.2, -0.15) is 4.99 Å². The van der Waals surface area contributed by atoms with Gasteiger partial charge in [0.05, 0.1) is 10.6 Å². The number of hydrogen-bond donors (Lipinski definition) is 0. The zero-order chi connectivity index (χ0) is 19.8. The Morgan fingerprint density at radius 2 is 2.03 bits per heavy atom. The smallest absolute Gasteiger partial charge is 0.267 e. The predicted molar refractivity (Wildman–Crippen MR) is 116 cm³/mol. The van der Waals surface area contributed by atoms with Crippen LogP contribution in [-0.2, 0) is 4.79 Å². The summed E-state index contributed by atoms with van der Waals surface area (Å²) in [5.41, 5.74) is 1.86. The third-order valence-corrected chi connectivity index (χ3v) is 7.10. The molecule has 0 radical (unpaired) electrons. The highest BCUT2D eigenvalue weighted by Crippen LogP contribution is 2.40. The quantitative estimate of drug-likeness (QED) is 0.637. The Balaban J connectivity index is 1.48. The second-order valence-electron chi connectivity index (χ2n) is 7.36. The van der Waals surface area contributed by atoms with Crippen LogP contribution in [0.15, 0.2) is 33.5 Å². The van der Waals surface area contributed by atoms with Crippen LogP contribution < -0.4 is 9.47 Å². The van der Waals surface area contributed by atoms with Crippen molar-refractivity contribution in [3.63, 3.8) is 0 Å². The zero-order valence-electron chi connectivity index (χ0n) is 16.1. The fraction of sp³-hybridized carbons (Fsp3) is 0.381. The van der Waals surface area contributed by atoms with Crippen molar-refractivity contribution in [3.8, 4) is 11.5 Å². The van der Waals surface area contributed by atoms with Gasteiger partial charge in [-0.05, 0) is 55.3 Å². The molecule has 1 aliphatic carbocycles. The van der Waals surface area contributed by atoms with Gasteiger partial charge in [0.15, 0.2) is 16.7 Å². The van der Waals surface area contributed by atoms with Crippen LogP contribution in [0.1, 0.15) is 43.4 Å². The number of aromatic nitrogens is 1. The first kappa shape index (κ1) is 18.7. The number of aryl methyl sites for hydroxylation is 1. The molecule has 0 unspecified atom stereocenters. The Labute approximate surface area is 177 Å². The van der Waals surface area contributed by atoms with E-state index in [2.05, 4.69) is 4.98 Å². The maximum Gasteiger partial charge on any atom is 0.267 e. The van der Waals surface area contributed by atoms with E-state index < -0.39 is 0 Å². The van der Waals surface area contributed by atoms with Gasteiger partial charge in [-0.1, -0.05) is 25.3 Å². The Morgan fingerprint density at radius 3 is 2.83 bits per heavy atom. The molecule has 1 saturated carbocycles. The minimum Gasteiger partial charge on any atom is -0.454 e. The summed E-state index contributed by atoms with van der Waals surface area (Å²) in [4.78, 5) is 25.1. The summed E-state index contributed by atoms with van der Waals surface area (Å²) < 4.78 is 10.8. The lowest BCUT2D eigenvalue weighted by atomic mass is 9.94. The van der Waals surface area contributed by atoms with Crippen molar-refractivity contribution in [3.05, 3.63) is 39.7 Å². The molecule has 3 heterocycles. The number of hydrogen-bond acceptors (Lipinski definition) is 7. The molecule has 1 saturated heterocycles. The monoisotopic (exact) mass is 427 g/mol. The SMILES string of the molecule is Cc1csc(/N=C2/S/C(=C\c3ccc4c(c3)OCO4)C(=O)N2C2CCCCC2)n1. The van der Waals surface area contributed by atoms with E-state index in [4.69, 9.17) is 14.5 Å². The van der Waals surface area contributed by atoms with Gasteiger partial charge in [-0.3, -0.25) is 9.69 Å². The number of thiazole rings is 1. The van der Waals surface area contributed by atoms with E-state index in [0.717, 1.165) is 47.9 Å². The van der Waals surface area contributed by atoms with Crippen molar-refractivity contribution in [2.75, 3.05) is 6.79 Å². The van der Waals surface area contributed by atoms with Crippen molar-refractivity contribution < 1.29 is 14.3 Å². The fourth-order valence-corrected chi connectivity index (χ4v) is 5.62. The van der Waals surface area contributed by atoms with Crippen LogP contribution in [0.25, 0.3) is 6.08 Å². The summed E-state index contributed by atoms with van der Waals surface area (Å²) in [7, 11) is 0. The number of amidine groups is 1. The molecule has 1 aromatic carbocycles. The molecule has 2 aliphatic heterocycles. The molecule has 2 fully saturated rings.